The quantitative estimate of drug-likeness (QED) is 0.225. The number of rotatable bonds is 4. The van der Waals surface area contributed by atoms with E-state index in [0.717, 1.165) is 0 Å². The summed E-state index contributed by atoms with van der Waals surface area (Å²) in [6, 6.07) is 35.9. The van der Waals surface area contributed by atoms with Crippen LogP contribution in [0.25, 0.3) is 32.3 Å². The predicted molar refractivity (Wildman–Crippen MR) is 167 cm³/mol. The Labute approximate surface area is 225 Å². The molecule has 0 aliphatic heterocycles. The van der Waals surface area contributed by atoms with Crippen molar-refractivity contribution < 1.29 is 0 Å². The maximum absolute atomic E-state index is 2.38. The van der Waals surface area contributed by atoms with Crippen molar-refractivity contribution >= 4 is 55.1 Å². The zero-order valence-corrected chi connectivity index (χ0v) is 23.1. The Hall–Kier alpha value is -4.30. The van der Waals surface area contributed by atoms with Crippen LogP contribution in [0.3, 0.4) is 0 Å². The molecule has 0 fully saturated rings. The third-order valence-electron chi connectivity index (χ3n) is 8.32. The minimum absolute atomic E-state index is 1.20. The van der Waals surface area contributed by atoms with Gasteiger partial charge in [0.05, 0.1) is 0 Å². The summed E-state index contributed by atoms with van der Waals surface area (Å²) < 4.78 is 0. The van der Waals surface area contributed by atoms with Crippen molar-refractivity contribution in [2.24, 2.45) is 0 Å². The number of benzene rings is 6. The van der Waals surface area contributed by atoms with E-state index in [2.05, 4.69) is 149 Å². The summed E-state index contributed by atoms with van der Waals surface area (Å²) in [5.41, 5.74) is 10.1. The van der Waals surface area contributed by atoms with Gasteiger partial charge in [-0.15, -0.1) is 0 Å². The largest absolute Gasteiger partial charge is 0.344 e. The Kier molecular flexibility index (Phi) is 5.84. The van der Waals surface area contributed by atoms with Crippen LogP contribution in [0.2, 0.25) is 0 Å². The van der Waals surface area contributed by atoms with Crippen LogP contribution in [0.1, 0.15) is 22.3 Å². The van der Waals surface area contributed by atoms with E-state index < -0.39 is 0 Å². The number of anilines is 4. The lowest BCUT2D eigenvalue weighted by atomic mass is 9.93. The SMILES string of the molecule is Cc1ccc(N(C)c2cc3c4ccccc4c(N(C)c4ccc(C)c(C)c4)cc3c3ccccc23)cc1C. The molecule has 0 atom stereocenters. The lowest BCUT2D eigenvalue weighted by Crippen LogP contribution is -2.11. The summed E-state index contributed by atoms with van der Waals surface area (Å²) in [6.07, 6.45) is 0. The second kappa shape index (κ2) is 9.22. The second-order valence-corrected chi connectivity index (χ2v) is 10.6. The standard InChI is InChI=1S/C36H34N2/c1-23-15-17-27(19-25(23)3)37(5)35-21-33-30-12-8-10-14-32(30)36(22-34(33)29-11-7-9-13-31(29)35)38(6)28-18-16-24(2)26(4)20-28/h7-22H,1-6H3. The maximum Gasteiger partial charge on any atom is 0.0494 e. The molecule has 0 aromatic heterocycles. The molecule has 38 heavy (non-hydrogen) atoms. The third kappa shape index (κ3) is 3.88. The van der Waals surface area contributed by atoms with Crippen molar-refractivity contribution in [3.05, 3.63) is 119 Å². The molecule has 0 radical (unpaired) electrons. The van der Waals surface area contributed by atoms with Gasteiger partial charge in [0.25, 0.3) is 0 Å². The molecular formula is C36H34N2. The zero-order valence-electron chi connectivity index (χ0n) is 23.1. The van der Waals surface area contributed by atoms with Crippen LogP contribution >= 0.6 is 0 Å². The topological polar surface area (TPSA) is 6.48 Å². The molecule has 0 heterocycles. The van der Waals surface area contributed by atoms with Gasteiger partial charge in [-0.05, 0) is 108 Å². The molecule has 2 heteroatoms. The minimum atomic E-state index is 1.20. The van der Waals surface area contributed by atoms with Crippen LogP contribution in [0.5, 0.6) is 0 Å². The van der Waals surface area contributed by atoms with Gasteiger partial charge in [-0.2, -0.15) is 0 Å². The van der Waals surface area contributed by atoms with E-state index >= 15 is 0 Å². The Bertz CT molecular complexity index is 1710. The minimum Gasteiger partial charge on any atom is -0.344 e. The van der Waals surface area contributed by atoms with Gasteiger partial charge >= 0.3 is 0 Å². The van der Waals surface area contributed by atoms with E-state index in [1.165, 1.54) is 77.3 Å². The summed E-state index contributed by atoms with van der Waals surface area (Å²) in [7, 11) is 4.36. The van der Waals surface area contributed by atoms with E-state index in [4.69, 9.17) is 0 Å². The predicted octanol–water partition coefficient (Wildman–Crippen LogP) is 9.92. The van der Waals surface area contributed by atoms with Crippen LogP contribution < -0.4 is 9.80 Å². The molecular weight excluding hydrogens is 460 g/mol. The number of aryl methyl sites for hydroxylation is 4. The number of hydrogen-bond acceptors (Lipinski definition) is 2. The van der Waals surface area contributed by atoms with Gasteiger partial charge in [0.15, 0.2) is 0 Å². The Morgan fingerprint density at radius 2 is 0.737 bits per heavy atom. The normalized spacial score (nSPS) is 11.4. The lowest BCUT2D eigenvalue weighted by Gasteiger charge is -2.26. The van der Waals surface area contributed by atoms with E-state index in [1.54, 1.807) is 0 Å². The van der Waals surface area contributed by atoms with Crippen molar-refractivity contribution in [3.8, 4) is 0 Å². The molecule has 0 saturated heterocycles. The van der Waals surface area contributed by atoms with Gasteiger partial charge in [-0.25, -0.2) is 0 Å². The summed E-state index contributed by atoms with van der Waals surface area (Å²) in [4.78, 5) is 4.66. The van der Waals surface area contributed by atoms with Gasteiger partial charge < -0.3 is 9.80 Å². The van der Waals surface area contributed by atoms with Crippen molar-refractivity contribution in [2.45, 2.75) is 27.7 Å². The first-order valence-corrected chi connectivity index (χ1v) is 13.3. The average molecular weight is 495 g/mol. The van der Waals surface area contributed by atoms with Crippen LogP contribution in [0.15, 0.2) is 97.1 Å². The van der Waals surface area contributed by atoms with Crippen LogP contribution in [-0.4, -0.2) is 14.1 Å². The van der Waals surface area contributed by atoms with Gasteiger partial charge in [0.1, 0.15) is 0 Å². The first-order chi connectivity index (χ1) is 18.3. The van der Waals surface area contributed by atoms with Crippen LogP contribution in [0.4, 0.5) is 22.7 Å². The van der Waals surface area contributed by atoms with E-state index in [0.29, 0.717) is 0 Å². The maximum atomic E-state index is 2.38. The fourth-order valence-electron chi connectivity index (χ4n) is 5.61. The van der Waals surface area contributed by atoms with Crippen molar-refractivity contribution in [1.82, 2.24) is 0 Å². The first kappa shape index (κ1) is 24.1. The number of nitrogens with zero attached hydrogens (tertiary/aromatic N) is 2. The molecule has 0 unspecified atom stereocenters. The molecule has 6 rings (SSSR count). The second-order valence-electron chi connectivity index (χ2n) is 10.6. The molecule has 2 nitrogen and oxygen atoms in total. The van der Waals surface area contributed by atoms with Crippen LogP contribution in [0, 0.1) is 27.7 Å². The molecule has 188 valence electrons. The smallest absolute Gasteiger partial charge is 0.0494 e. The number of fused-ring (bicyclic) bond motifs is 5. The molecule has 0 N–H and O–H groups in total. The fraction of sp³-hybridized carbons (Fsp3) is 0.167. The number of hydrogen-bond donors (Lipinski definition) is 0. The van der Waals surface area contributed by atoms with Gasteiger partial charge in [-0.1, -0.05) is 60.7 Å². The molecule has 6 aromatic carbocycles. The van der Waals surface area contributed by atoms with Crippen molar-refractivity contribution in [2.75, 3.05) is 23.9 Å². The zero-order chi connectivity index (χ0) is 26.6. The van der Waals surface area contributed by atoms with Crippen molar-refractivity contribution in [1.29, 1.82) is 0 Å². The summed E-state index contributed by atoms with van der Waals surface area (Å²) in [5, 5.41) is 7.63. The first-order valence-electron chi connectivity index (χ1n) is 13.3. The third-order valence-corrected chi connectivity index (χ3v) is 8.32. The highest BCUT2D eigenvalue weighted by molar-refractivity contribution is 6.23. The Morgan fingerprint density at radius 1 is 0.368 bits per heavy atom. The molecule has 0 amide bonds. The average Bonchev–Trinajstić information content (AvgIpc) is 2.94. The van der Waals surface area contributed by atoms with Crippen LogP contribution in [-0.2, 0) is 0 Å². The fourth-order valence-corrected chi connectivity index (χ4v) is 5.61. The molecule has 0 saturated carbocycles. The molecule has 0 spiro atoms. The van der Waals surface area contributed by atoms with Gasteiger partial charge in [-0.3, -0.25) is 0 Å². The molecule has 0 aliphatic rings. The Balaban J connectivity index is 1.64. The van der Waals surface area contributed by atoms with Gasteiger partial charge in [0, 0.05) is 47.6 Å². The summed E-state index contributed by atoms with van der Waals surface area (Å²) >= 11 is 0. The van der Waals surface area contributed by atoms with E-state index in [1.807, 2.05) is 0 Å². The van der Waals surface area contributed by atoms with E-state index in [-0.39, 0.29) is 0 Å². The van der Waals surface area contributed by atoms with Crippen molar-refractivity contribution in [3.63, 3.8) is 0 Å². The summed E-state index contributed by atoms with van der Waals surface area (Å²) in [6.45, 7) is 8.71. The highest BCUT2D eigenvalue weighted by atomic mass is 15.1. The van der Waals surface area contributed by atoms with E-state index in [9.17, 15) is 0 Å². The van der Waals surface area contributed by atoms with Gasteiger partial charge in [0.2, 0.25) is 0 Å². The molecule has 0 aliphatic carbocycles. The highest BCUT2D eigenvalue weighted by Gasteiger charge is 2.17. The molecule has 6 aromatic rings. The Morgan fingerprint density at radius 3 is 1.11 bits per heavy atom. The molecule has 0 bridgehead atoms. The highest BCUT2D eigenvalue weighted by Crippen LogP contribution is 2.43. The lowest BCUT2D eigenvalue weighted by molar-refractivity contribution is 1.20. The summed E-state index contributed by atoms with van der Waals surface area (Å²) in [5.74, 6) is 0. The monoisotopic (exact) mass is 494 g/mol.